The molecule has 4 rings (SSSR count). The fraction of sp³-hybridized carbons (Fsp3) is 0.423. The van der Waals surface area contributed by atoms with Crippen molar-refractivity contribution in [1.29, 1.82) is 5.26 Å². The maximum atomic E-state index is 9.18. The fourth-order valence-corrected chi connectivity index (χ4v) is 4.91. The van der Waals surface area contributed by atoms with E-state index >= 15 is 0 Å². The van der Waals surface area contributed by atoms with E-state index in [0.29, 0.717) is 5.92 Å². The van der Waals surface area contributed by atoms with Crippen LogP contribution in [0.1, 0.15) is 80.8 Å². The van der Waals surface area contributed by atoms with Gasteiger partial charge in [-0.2, -0.15) is 5.26 Å². The highest BCUT2D eigenvalue weighted by atomic mass is 14.4. The molecule has 0 bridgehead atoms. The van der Waals surface area contributed by atoms with Crippen LogP contribution in [0.15, 0.2) is 36.4 Å². The van der Waals surface area contributed by atoms with Gasteiger partial charge in [0.25, 0.3) is 0 Å². The van der Waals surface area contributed by atoms with Crippen LogP contribution < -0.4 is 0 Å². The average molecular weight is 356 g/mol. The van der Waals surface area contributed by atoms with Gasteiger partial charge in [-0.3, -0.25) is 0 Å². The van der Waals surface area contributed by atoms with Gasteiger partial charge in [0.05, 0.1) is 11.6 Å². The van der Waals surface area contributed by atoms with Crippen molar-refractivity contribution in [2.24, 2.45) is 5.92 Å². The number of benzene rings is 2. The van der Waals surface area contributed by atoms with Gasteiger partial charge in [0, 0.05) is 0 Å². The van der Waals surface area contributed by atoms with Crippen molar-refractivity contribution in [3.8, 4) is 6.07 Å². The lowest BCUT2D eigenvalue weighted by Gasteiger charge is -2.42. The van der Waals surface area contributed by atoms with Crippen LogP contribution in [0, 0.1) is 17.2 Å². The zero-order chi connectivity index (χ0) is 19.4. The molecule has 0 saturated heterocycles. The molecule has 1 nitrogen and oxygen atoms in total. The molecule has 2 aliphatic carbocycles. The van der Waals surface area contributed by atoms with E-state index < -0.39 is 0 Å². The predicted octanol–water partition coefficient (Wildman–Crippen LogP) is 6.64. The van der Waals surface area contributed by atoms with Crippen LogP contribution in [0.4, 0.5) is 0 Å². The van der Waals surface area contributed by atoms with E-state index in [2.05, 4.69) is 77.1 Å². The zero-order valence-corrected chi connectivity index (χ0v) is 17.2. The number of hydrogen-bond donors (Lipinski definition) is 0. The molecule has 0 N–H and O–H groups in total. The number of hydrogen-bond acceptors (Lipinski definition) is 1. The highest BCUT2D eigenvalue weighted by Crippen LogP contribution is 2.46. The molecule has 0 amide bonds. The zero-order valence-electron chi connectivity index (χ0n) is 17.2. The van der Waals surface area contributed by atoms with Gasteiger partial charge in [-0.1, -0.05) is 65.0 Å². The summed E-state index contributed by atoms with van der Waals surface area (Å²) in [5.41, 5.74) is 9.63. The quantitative estimate of drug-likeness (QED) is 0.562. The van der Waals surface area contributed by atoms with Crippen LogP contribution in [-0.2, 0) is 17.3 Å². The molecule has 0 aliphatic heterocycles. The molecular weight excluding hydrogens is 326 g/mol. The van der Waals surface area contributed by atoms with E-state index in [0.717, 1.165) is 12.0 Å². The fourth-order valence-electron chi connectivity index (χ4n) is 4.91. The second kappa shape index (κ2) is 6.10. The summed E-state index contributed by atoms with van der Waals surface area (Å²) < 4.78 is 0. The molecular formula is C26H29N. The van der Waals surface area contributed by atoms with Gasteiger partial charge < -0.3 is 0 Å². The van der Waals surface area contributed by atoms with Crippen molar-refractivity contribution in [2.45, 2.75) is 64.7 Å². The number of nitrogens with zero attached hydrogens (tertiary/aromatic N) is 1. The van der Waals surface area contributed by atoms with E-state index in [-0.39, 0.29) is 10.8 Å². The first kappa shape index (κ1) is 18.1. The van der Waals surface area contributed by atoms with Crippen LogP contribution >= 0.6 is 0 Å². The maximum absolute atomic E-state index is 9.18. The molecule has 2 aliphatic rings. The summed E-state index contributed by atoms with van der Waals surface area (Å²) in [5.74, 6) is 0.495. The first-order valence-electron chi connectivity index (χ1n) is 10.1. The van der Waals surface area contributed by atoms with Crippen LogP contribution in [-0.4, -0.2) is 0 Å². The molecule has 0 fully saturated rings. The molecule has 0 radical (unpaired) electrons. The number of rotatable bonds is 1. The van der Waals surface area contributed by atoms with Gasteiger partial charge in [0.15, 0.2) is 0 Å². The Morgan fingerprint density at radius 3 is 2.37 bits per heavy atom. The van der Waals surface area contributed by atoms with Gasteiger partial charge in [0.2, 0.25) is 0 Å². The topological polar surface area (TPSA) is 23.8 Å². The van der Waals surface area contributed by atoms with E-state index in [9.17, 15) is 5.26 Å². The highest BCUT2D eigenvalue weighted by molar-refractivity contribution is 5.87. The maximum Gasteiger partial charge on any atom is 0.0991 e. The lowest BCUT2D eigenvalue weighted by molar-refractivity contribution is 0.332. The monoisotopic (exact) mass is 355 g/mol. The molecule has 2 aromatic carbocycles. The summed E-state index contributed by atoms with van der Waals surface area (Å²) in [6.07, 6.45) is 5.89. The van der Waals surface area contributed by atoms with Crippen LogP contribution in [0.3, 0.4) is 0 Å². The number of fused-ring (bicyclic) bond motifs is 2. The smallest absolute Gasteiger partial charge is 0.0991 e. The highest BCUT2D eigenvalue weighted by Gasteiger charge is 2.37. The molecule has 138 valence electrons. The van der Waals surface area contributed by atoms with Crippen molar-refractivity contribution in [3.05, 3.63) is 69.8 Å². The third-order valence-corrected chi connectivity index (χ3v) is 6.80. The van der Waals surface area contributed by atoms with Gasteiger partial charge >= 0.3 is 0 Å². The minimum absolute atomic E-state index is 0.236. The largest absolute Gasteiger partial charge is 0.192 e. The van der Waals surface area contributed by atoms with E-state index in [1.54, 1.807) is 0 Å². The molecule has 0 saturated carbocycles. The molecule has 0 heterocycles. The second-order valence-corrected chi connectivity index (χ2v) is 9.76. The van der Waals surface area contributed by atoms with Crippen LogP contribution in [0.5, 0.6) is 0 Å². The summed E-state index contributed by atoms with van der Waals surface area (Å²) in [6, 6.07) is 15.5. The Hall–Kier alpha value is -2.33. The second-order valence-electron chi connectivity index (χ2n) is 9.76. The SMILES string of the molecule is CC1Cc2cc(C#N)ccc2C1=Cc1ccc2c(c1)C(C)(C)CCC2(C)C. The number of nitriles is 1. The van der Waals surface area contributed by atoms with Crippen molar-refractivity contribution in [2.75, 3.05) is 0 Å². The van der Waals surface area contributed by atoms with E-state index in [1.807, 2.05) is 6.07 Å². The molecule has 1 heteroatoms. The third kappa shape index (κ3) is 3.02. The number of allylic oxidation sites excluding steroid dienone is 1. The van der Waals surface area contributed by atoms with E-state index in [4.69, 9.17) is 0 Å². The van der Waals surface area contributed by atoms with Crippen molar-refractivity contribution in [1.82, 2.24) is 0 Å². The van der Waals surface area contributed by atoms with Crippen molar-refractivity contribution >= 4 is 11.6 Å². The van der Waals surface area contributed by atoms with E-state index in [1.165, 1.54) is 46.2 Å². The summed E-state index contributed by atoms with van der Waals surface area (Å²) >= 11 is 0. The third-order valence-electron chi connectivity index (χ3n) is 6.80. The summed E-state index contributed by atoms with van der Waals surface area (Å²) in [5, 5.41) is 9.18. The van der Waals surface area contributed by atoms with Crippen molar-refractivity contribution < 1.29 is 0 Å². The first-order valence-corrected chi connectivity index (χ1v) is 10.1. The summed E-state index contributed by atoms with van der Waals surface area (Å²) in [6.45, 7) is 11.8. The van der Waals surface area contributed by atoms with Crippen molar-refractivity contribution in [3.63, 3.8) is 0 Å². The van der Waals surface area contributed by atoms with Crippen LogP contribution in [0.2, 0.25) is 0 Å². The van der Waals surface area contributed by atoms with Gasteiger partial charge in [-0.15, -0.1) is 0 Å². The van der Waals surface area contributed by atoms with Gasteiger partial charge in [-0.25, -0.2) is 0 Å². The van der Waals surface area contributed by atoms with Gasteiger partial charge in [0.1, 0.15) is 0 Å². The first-order chi connectivity index (χ1) is 12.7. The Kier molecular flexibility index (Phi) is 4.08. The molecule has 1 atom stereocenters. The lowest BCUT2D eigenvalue weighted by atomic mass is 9.63. The molecule has 1 unspecified atom stereocenters. The summed E-state index contributed by atoms with van der Waals surface area (Å²) in [4.78, 5) is 0. The van der Waals surface area contributed by atoms with Crippen LogP contribution in [0.25, 0.3) is 11.6 Å². The standard InChI is InChI=1S/C26H29N/c1-17-12-20-13-19(16-27)6-8-21(20)22(17)14-18-7-9-23-24(15-18)26(4,5)11-10-25(23,2)3/h6-9,13-15,17H,10-12H2,1-5H3. The van der Waals surface area contributed by atoms with Gasteiger partial charge in [-0.05, 0) is 81.5 Å². The molecule has 0 spiro atoms. The Morgan fingerprint density at radius 2 is 1.67 bits per heavy atom. The minimum atomic E-state index is 0.236. The molecule has 0 aromatic heterocycles. The molecule has 2 aromatic rings. The molecule has 27 heavy (non-hydrogen) atoms. The normalized spacial score (nSPS) is 23.6. The average Bonchev–Trinajstić information content (AvgIpc) is 2.93. The Bertz CT molecular complexity index is 982. The Balaban J connectivity index is 1.80. The Labute approximate surface area is 163 Å². The predicted molar refractivity (Wildman–Crippen MR) is 114 cm³/mol. The minimum Gasteiger partial charge on any atom is -0.192 e. The summed E-state index contributed by atoms with van der Waals surface area (Å²) in [7, 11) is 0. The Morgan fingerprint density at radius 1 is 0.963 bits per heavy atom. The lowest BCUT2D eigenvalue weighted by Crippen LogP contribution is -2.33.